The highest BCUT2D eigenvalue weighted by Crippen LogP contribution is 2.19. The van der Waals surface area contributed by atoms with E-state index in [0.717, 1.165) is 23.7 Å². The van der Waals surface area contributed by atoms with Crippen molar-refractivity contribution in [3.63, 3.8) is 0 Å². The third kappa shape index (κ3) is 5.07. The van der Waals surface area contributed by atoms with E-state index in [-0.39, 0.29) is 0 Å². The Labute approximate surface area is 149 Å². The van der Waals surface area contributed by atoms with Crippen LogP contribution in [0.2, 0.25) is 0 Å². The van der Waals surface area contributed by atoms with E-state index >= 15 is 0 Å². The van der Waals surface area contributed by atoms with Crippen molar-refractivity contribution in [3.05, 3.63) is 65.2 Å². The summed E-state index contributed by atoms with van der Waals surface area (Å²) in [5, 5.41) is 12.3. The predicted octanol–water partition coefficient (Wildman–Crippen LogP) is 4.23. The number of anilines is 1. The molecule has 1 saturated heterocycles. The Morgan fingerprint density at radius 1 is 1.12 bits per heavy atom. The van der Waals surface area contributed by atoms with Gasteiger partial charge in [0.1, 0.15) is 0 Å². The Morgan fingerprint density at radius 3 is 2.44 bits per heavy atom. The molecule has 2 aromatic carbocycles. The molecule has 4 nitrogen and oxygen atoms in total. The molecule has 132 valence electrons. The summed E-state index contributed by atoms with van der Waals surface area (Å²) < 4.78 is 0. The summed E-state index contributed by atoms with van der Waals surface area (Å²) in [6.45, 7) is 6.45. The summed E-state index contributed by atoms with van der Waals surface area (Å²) in [5.74, 6) is -0.0830. The number of likely N-dealkylation sites (tertiary alicyclic amines) is 1. The molecule has 3 rings (SSSR count). The first-order valence-corrected chi connectivity index (χ1v) is 8.97. The van der Waals surface area contributed by atoms with Gasteiger partial charge in [-0.15, -0.1) is 0 Å². The molecule has 0 radical (unpaired) electrons. The molecule has 0 aromatic heterocycles. The van der Waals surface area contributed by atoms with E-state index in [1.54, 1.807) is 12.1 Å². The average Bonchev–Trinajstić information content (AvgIpc) is 2.61. The van der Waals surface area contributed by atoms with E-state index < -0.39 is 5.97 Å². The van der Waals surface area contributed by atoms with Crippen LogP contribution in [-0.4, -0.2) is 29.1 Å². The number of aromatic carboxylic acids is 1. The molecule has 1 heterocycles. The predicted molar refractivity (Wildman–Crippen MR) is 101 cm³/mol. The lowest BCUT2D eigenvalue weighted by atomic mass is 10.00. The van der Waals surface area contributed by atoms with Gasteiger partial charge in [0, 0.05) is 25.3 Å². The van der Waals surface area contributed by atoms with E-state index in [1.807, 2.05) is 12.1 Å². The van der Waals surface area contributed by atoms with Gasteiger partial charge in [0.2, 0.25) is 0 Å². The van der Waals surface area contributed by atoms with E-state index in [4.69, 9.17) is 5.11 Å². The molecular weight excluding hydrogens is 312 g/mol. The van der Waals surface area contributed by atoms with Gasteiger partial charge in [0.25, 0.3) is 0 Å². The summed E-state index contributed by atoms with van der Waals surface area (Å²) in [6, 6.07) is 15.6. The molecule has 0 amide bonds. The van der Waals surface area contributed by atoms with Crippen LogP contribution in [0.15, 0.2) is 48.5 Å². The smallest absolute Gasteiger partial charge is 0.335 e. The Bertz CT molecular complexity index is 695. The van der Waals surface area contributed by atoms with Crippen molar-refractivity contribution in [1.29, 1.82) is 0 Å². The lowest BCUT2D eigenvalue weighted by Crippen LogP contribution is -2.33. The summed E-state index contributed by atoms with van der Waals surface area (Å²) in [5.41, 5.74) is 3.82. The lowest BCUT2D eigenvalue weighted by Gasteiger charge is -2.30. The fourth-order valence-corrected chi connectivity index (χ4v) is 3.39. The van der Waals surface area contributed by atoms with E-state index in [1.165, 1.54) is 31.5 Å². The molecule has 4 heteroatoms. The third-order valence-corrected chi connectivity index (χ3v) is 4.80. The Morgan fingerprint density at radius 2 is 1.80 bits per heavy atom. The molecular formula is C21H26N2O2. The average molecular weight is 338 g/mol. The van der Waals surface area contributed by atoms with Gasteiger partial charge in [-0.2, -0.15) is 0 Å². The zero-order valence-electron chi connectivity index (χ0n) is 14.7. The normalized spacial score (nSPS) is 18.0. The first kappa shape index (κ1) is 17.5. The maximum Gasteiger partial charge on any atom is 0.335 e. The molecule has 1 aliphatic rings. The SMILES string of the molecule is CC1CCCN(Cc2ccc(NCc3ccc(C(=O)O)cc3)cc2)C1. The van der Waals surface area contributed by atoms with E-state index in [0.29, 0.717) is 12.1 Å². The van der Waals surface area contributed by atoms with Crippen LogP contribution in [0.25, 0.3) is 0 Å². The Kier molecular flexibility index (Phi) is 5.71. The van der Waals surface area contributed by atoms with Crippen LogP contribution in [-0.2, 0) is 13.1 Å². The molecule has 2 aromatic rings. The van der Waals surface area contributed by atoms with E-state index in [9.17, 15) is 4.79 Å². The topological polar surface area (TPSA) is 52.6 Å². The second kappa shape index (κ2) is 8.17. The number of hydrogen-bond donors (Lipinski definition) is 2. The van der Waals surface area contributed by atoms with Crippen LogP contribution in [0.1, 0.15) is 41.3 Å². The number of rotatable bonds is 6. The van der Waals surface area contributed by atoms with Gasteiger partial charge >= 0.3 is 5.97 Å². The van der Waals surface area contributed by atoms with Crippen molar-refractivity contribution in [2.24, 2.45) is 5.92 Å². The van der Waals surface area contributed by atoms with Gasteiger partial charge in [-0.05, 0) is 60.7 Å². The molecule has 1 unspecified atom stereocenters. The lowest BCUT2D eigenvalue weighted by molar-refractivity contribution is 0.0697. The highest BCUT2D eigenvalue weighted by atomic mass is 16.4. The molecule has 0 saturated carbocycles. The standard InChI is InChI=1S/C21H26N2O2/c1-16-3-2-12-23(14-16)15-18-6-10-20(11-7-18)22-13-17-4-8-19(9-5-17)21(24)25/h4-11,16,22H,2-3,12-15H2,1H3,(H,24,25). The van der Waals surface area contributed by atoms with Gasteiger partial charge in [-0.25, -0.2) is 4.79 Å². The minimum absolute atomic E-state index is 0.320. The number of benzene rings is 2. The Balaban J connectivity index is 1.51. The molecule has 1 fully saturated rings. The highest BCUT2D eigenvalue weighted by molar-refractivity contribution is 5.87. The van der Waals surface area contributed by atoms with Crippen molar-refractivity contribution in [2.75, 3.05) is 18.4 Å². The molecule has 0 aliphatic carbocycles. The van der Waals surface area contributed by atoms with Gasteiger partial charge in [0.15, 0.2) is 0 Å². The molecule has 0 spiro atoms. The van der Waals surface area contributed by atoms with Crippen molar-refractivity contribution < 1.29 is 9.90 Å². The minimum Gasteiger partial charge on any atom is -0.478 e. The van der Waals surface area contributed by atoms with Gasteiger partial charge in [-0.3, -0.25) is 4.90 Å². The first-order valence-electron chi connectivity index (χ1n) is 8.97. The molecule has 1 aliphatic heterocycles. The van der Waals surface area contributed by atoms with Crippen LogP contribution in [0.4, 0.5) is 5.69 Å². The number of carboxylic acid groups (broad SMARTS) is 1. The van der Waals surface area contributed by atoms with Crippen molar-refractivity contribution in [2.45, 2.75) is 32.9 Å². The quantitative estimate of drug-likeness (QED) is 0.828. The number of carbonyl (C=O) groups is 1. The van der Waals surface area contributed by atoms with Crippen LogP contribution >= 0.6 is 0 Å². The first-order chi connectivity index (χ1) is 12.1. The Hall–Kier alpha value is -2.33. The van der Waals surface area contributed by atoms with Crippen molar-refractivity contribution >= 4 is 11.7 Å². The van der Waals surface area contributed by atoms with Crippen molar-refractivity contribution in [1.82, 2.24) is 4.90 Å². The molecule has 25 heavy (non-hydrogen) atoms. The zero-order chi connectivity index (χ0) is 17.6. The van der Waals surface area contributed by atoms with E-state index in [2.05, 4.69) is 41.4 Å². The zero-order valence-corrected chi connectivity index (χ0v) is 14.7. The number of piperidine rings is 1. The summed E-state index contributed by atoms with van der Waals surface area (Å²) >= 11 is 0. The second-order valence-corrected chi connectivity index (χ2v) is 7.04. The maximum absolute atomic E-state index is 10.9. The molecule has 0 bridgehead atoms. The van der Waals surface area contributed by atoms with Crippen LogP contribution in [0.5, 0.6) is 0 Å². The van der Waals surface area contributed by atoms with Crippen LogP contribution in [0.3, 0.4) is 0 Å². The number of nitrogens with zero attached hydrogens (tertiary/aromatic N) is 1. The summed E-state index contributed by atoms with van der Waals surface area (Å²) in [6.07, 6.45) is 2.66. The fourth-order valence-electron chi connectivity index (χ4n) is 3.39. The van der Waals surface area contributed by atoms with Gasteiger partial charge in [0.05, 0.1) is 5.56 Å². The highest BCUT2D eigenvalue weighted by Gasteiger charge is 2.16. The van der Waals surface area contributed by atoms with Crippen LogP contribution < -0.4 is 5.32 Å². The second-order valence-electron chi connectivity index (χ2n) is 7.04. The van der Waals surface area contributed by atoms with Crippen LogP contribution in [0, 0.1) is 5.92 Å². The maximum atomic E-state index is 10.9. The third-order valence-electron chi connectivity index (χ3n) is 4.80. The summed E-state index contributed by atoms with van der Waals surface area (Å²) in [4.78, 5) is 13.4. The van der Waals surface area contributed by atoms with Gasteiger partial charge in [-0.1, -0.05) is 31.2 Å². The number of carboxylic acids is 1. The molecule has 1 atom stereocenters. The number of hydrogen-bond acceptors (Lipinski definition) is 3. The minimum atomic E-state index is -0.891. The fraction of sp³-hybridized carbons (Fsp3) is 0.381. The van der Waals surface area contributed by atoms with Crippen molar-refractivity contribution in [3.8, 4) is 0 Å². The largest absolute Gasteiger partial charge is 0.478 e. The summed E-state index contributed by atoms with van der Waals surface area (Å²) in [7, 11) is 0. The molecule has 2 N–H and O–H groups in total. The van der Waals surface area contributed by atoms with Gasteiger partial charge < -0.3 is 10.4 Å². The number of nitrogens with one attached hydrogen (secondary N) is 1. The monoisotopic (exact) mass is 338 g/mol.